The molecule has 2 fully saturated rings. The Hall–Kier alpha value is -1.89. The summed E-state index contributed by atoms with van der Waals surface area (Å²) in [5, 5.41) is 2.85. The summed E-state index contributed by atoms with van der Waals surface area (Å²) in [6.45, 7) is 0.609. The van der Waals surface area contributed by atoms with Gasteiger partial charge in [0.05, 0.1) is 18.9 Å². The highest BCUT2D eigenvalue weighted by molar-refractivity contribution is 7.90. The zero-order chi connectivity index (χ0) is 19.7. The van der Waals surface area contributed by atoms with Crippen LogP contribution in [0.2, 0.25) is 0 Å². The number of benzene rings is 1. The smallest absolute Gasteiger partial charge is 0.147 e. The predicted molar refractivity (Wildman–Crippen MR) is 108 cm³/mol. The molecule has 1 aromatic rings. The first kappa shape index (κ1) is 19.4. The Morgan fingerprint density at radius 2 is 1.93 bits per heavy atom. The van der Waals surface area contributed by atoms with Gasteiger partial charge in [-0.05, 0) is 73.6 Å². The second kappa shape index (κ2) is 7.85. The molecular formula is C21H27FN2O3S. The minimum Gasteiger partial charge on any atom is -0.493 e. The third-order valence-corrected chi connectivity index (χ3v) is 7.15. The van der Waals surface area contributed by atoms with Crippen LogP contribution in [0.5, 0.6) is 5.75 Å². The van der Waals surface area contributed by atoms with Crippen LogP contribution in [0.4, 0.5) is 4.39 Å². The van der Waals surface area contributed by atoms with E-state index in [9.17, 15) is 12.8 Å². The Bertz CT molecular complexity index is 879. The van der Waals surface area contributed by atoms with Gasteiger partial charge in [0.1, 0.15) is 27.2 Å². The maximum Gasteiger partial charge on any atom is 0.147 e. The van der Waals surface area contributed by atoms with Gasteiger partial charge in [0.15, 0.2) is 0 Å². The van der Waals surface area contributed by atoms with Crippen LogP contribution in [0.3, 0.4) is 0 Å². The summed E-state index contributed by atoms with van der Waals surface area (Å²) in [4.78, 5) is 4.16. The molecule has 0 bridgehead atoms. The number of rotatable bonds is 6. The van der Waals surface area contributed by atoms with E-state index in [1.165, 1.54) is 25.3 Å². The molecule has 0 radical (unpaired) electrons. The van der Waals surface area contributed by atoms with Gasteiger partial charge < -0.3 is 10.1 Å². The van der Waals surface area contributed by atoms with Gasteiger partial charge in [0.2, 0.25) is 0 Å². The van der Waals surface area contributed by atoms with E-state index in [2.05, 4.69) is 10.3 Å². The van der Waals surface area contributed by atoms with Gasteiger partial charge in [-0.3, -0.25) is 4.99 Å². The molecule has 4 atom stereocenters. The molecule has 0 aromatic heterocycles. The summed E-state index contributed by atoms with van der Waals surface area (Å²) in [6, 6.07) is 7.56. The van der Waals surface area contributed by atoms with Gasteiger partial charge in [-0.2, -0.15) is 0 Å². The van der Waals surface area contributed by atoms with E-state index >= 15 is 0 Å². The van der Waals surface area contributed by atoms with Crippen molar-refractivity contribution in [2.24, 2.45) is 28.7 Å². The lowest BCUT2D eigenvalue weighted by Gasteiger charge is -2.25. The van der Waals surface area contributed by atoms with E-state index in [4.69, 9.17) is 4.74 Å². The number of ether oxygens (including phenoxy) is 1. The summed E-state index contributed by atoms with van der Waals surface area (Å²) in [5.41, 5.74) is 0.876. The zero-order valence-corrected chi connectivity index (χ0v) is 16.9. The number of sulfone groups is 1. The molecule has 5 nitrogen and oxygen atoms in total. The molecule has 1 aliphatic heterocycles. The minimum absolute atomic E-state index is 0.0615. The van der Waals surface area contributed by atoms with E-state index in [0.29, 0.717) is 12.4 Å². The van der Waals surface area contributed by atoms with Crippen LogP contribution in [0.15, 0.2) is 41.3 Å². The third kappa shape index (κ3) is 4.93. The molecule has 4 rings (SSSR count). The monoisotopic (exact) mass is 406 g/mol. The third-order valence-electron chi connectivity index (χ3n) is 6.11. The second-order valence-corrected chi connectivity index (χ2v) is 10.6. The first-order valence-corrected chi connectivity index (χ1v) is 12.0. The van der Waals surface area contributed by atoms with E-state index in [-0.39, 0.29) is 30.0 Å². The summed E-state index contributed by atoms with van der Waals surface area (Å²) in [6.07, 6.45) is 7.17. The average molecular weight is 407 g/mol. The molecule has 1 N–H and O–H groups in total. The lowest BCUT2D eigenvalue weighted by molar-refractivity contribution is 0.189. The fourth-order valence-electron chi connectivity index (χ4n) is 4.49. The Morgan fingerprint density at radius 1 is 1.14 bits per heavy atom. The zero-order valence-electron chi connectivity index (χ0n) is 16.1. The fourth-order valence-corrected chi connectivity index (χ4v) is 5.68. The van der Waals surface area contributed by atoms with Crippen LogP contribution in [0.25, 0.3) is 0 Å². The summed E-state index contributed by atoms with van der Waals surface area (Å²) < 4.78 is 42.8. The minimum atomic E-state index is -2.99. The molecule has 1 aromatic carbocycles. The maximum atomic E-state index is 13.0. The summed E-state index contributed by atoms with van der Waals surface area (Å²) in [5.74, 6) is 3.37. The van der Waals surface area contributed by atoms with Crippen molar-refractivity contribution in [3.63, 3.8) is 0 Å². The quantitative estimate of drug-likeness (QED) is 0.787. The fraction of sp³-hybridized carbons (Fsp3) is 0.571. The molecule has 3 unspecified atom stereocenters. The van der Waals surface area contributed by atoms with Crippen molar-refractivity contribution >= 4 is 15.7 Å². The van der Waals surface area contributed by atoms with Crippen molar-refractivity contribution in [2.75, 3.05) is 25.2 Å². The van der Waals surface area contributed by atoms with E-state index < -0.39 is 9.84 Å². The number of amidine groups is 1. The van der Waals surface area contributed by atoms with Crippen molar-refractivity contribution in [2.45, 2.75) is 25.7 Å². The number of hydrogen-bond acceptors (Lipinski definition) is 5. The first-order chi connectivity index (χ1) is 13.4. The van der Waals surface area contributed by atoms with Crippen molar-refractivity contribution in [3.05, 3.63) is 41.9 Å². The topological polar surface area (TPSA) is 67.8 Å². The van der Waals surface area contributed by atoms with Gasteiger partial charge >= 0.3 is 0 Å². The Balaban J connectivity index is 1.37. The van der Waals surface area contributed by atoms with Crippen molar-refractivity contribution < 1.29 is 17.5 Å². The van der Waals surface area contributed by atoms with Gasteiger partial charge in [0.25, 0.3) is 0 Å². The molecular weight excluding hydrogens is 379 g/mol. The molecule has 2 aliphatic carbocycles. The van der Waals surface area contributed by atoms with Gasteiger partial charge in [0, 0.05) is 18.0 Å². The number of nitrogens with zero attached hydrogens (tertiary/aromatic N) is 1. The number of halogens is 1. The highest BCUT2D eigenvalue weighted by atomic mass is 32.2. The van der Waals surface area contributed by atoms with Crippen LogP contribution in [0.1, 0.15) is 31.2 Å². The van der Waals surface area contributed by atoms with E-state index in [0.717, 1.165) is 36.0 Å². The SMILES string of the molecule is CS(=O)(=O)CC1CC2CC2CC[C@@H]1COc1ccc(C2=NCC(F)=CN2)cc1. The number of aliphatic imine (C=N–C) groups is 1. The lowest BCUT2D eigenvalue weighted by atomic mass is 9.88. The van der Waals surface area contributed by atoms with Crippen LogP contribution in [-0.4, -0.2) is 39.4 Å². The average Bonchev–Trinajstić information content (AvgIpc) is 3.40. The van der Waals surface area contributed by atoms with Gasteiger partial charge in [-0.1, -0.05) is 0 Å². The number of fused-ring (bicyclic) bond motifs is 1. The first-order valence-electron chi connectivity index (χ1n) is 9.94. The maximum absolute atomic E-state index is 13.0. The van der Waals surface area contributed by atoms with Crippen LogP contribution in [0, 0.1) is 23.7 Å². The van der Waals surface area contributed by atoms with Crippen molar-refractivity contribution in [1.29, 1.82) is 0 Å². The largest absolute Gasteiger partial charge is 0.493 e. The Morgan fingerprint density at radius 3 is 2.61 bits per heavy atom. The summed E-state index contributed by atoms with van der Waals surface area (Å²) >= 11 is 0. The molecule has 0 spiro atoms. The molecule has 152 valence electrons. The highest BCUT2D eigenvalue weighted by Crippen LogP contribution is 2.51. The van der Waals surface area contributed by atoms with Crippen LogP contribution < -0.4 is 10.1 Å². The number of hydrogen-bond donors (Lipinski definition) is 1. The molecule has 1 heterocycles. The molecule has 2 saturated carbocycles. The van der Waals surface area contributed by atoms with Gasteiger partial charge in [-0.15, -0.1) is 0 Å². The van der Waals surface area contributed by atoms with Crippen molar-refractivity contribution in [3.8, 4) is 5.75 Å². The molecule has 3 aliphatic rings. The lowest BCUT2D eigenvalue weighted by Crippen LogP contribution is -2.27. The molecule has 28 heavy (non-hydrogen) atoms. The van der Waals surface area contributed by atoms with Gasteiger partial charge in [-0.25, -0.2) is 12.8 Å². The number of nitrogens with one attached hydrogen (secondary N) is 1. The van der Waals surface area contributed by atoms with Crippen LogP contribution >= 0.6 is 0 Å². The Kier molecular flexibility index (Phi) is 5.45. The highest BCUT2D eigenvalue weighted by Gasteiger charge is 2.43. The standard InChI is InChI=1S/C21H27FN2O3S/c1-28(25,26)13-18-9-17-8-15(17)2-3-16(18)12-27-20-6-4-14(5-7-20)21-23-10-19(22)11-24-21/h4-7,10,15-18H,2-3,8-9,11-13H2,1H3,(H,23,24)/t15?,16-,17?,18?/m1/s1. The predicted octanol–water partition coefficient (Wildman–Crippen LogP) is 3.32. The van der Waals surface area contributed by atoms with E-state index in [1.54, 1.807) is 0 Å². The second-order valence-electron chi connectivity index (χ2n) is 8.42. The summed E-state index contributed by atoms with van der Waals surface area (Å²) in [7, 11) is -2.99. The van der Waals surface area contributed by atoms with E-state index in [1.807, 2.05) is 24.3 Å². The normalized spacial score (nSPS) is 29.6. The molecule has 7 heteroatoms. The van der Waals surface area contributed by atoms with Crippen molar-refractivity contribution in [1.82, 2.24) is 5.32 Å². The molecule has 0 saturated heterocycles. The molecule has 0 amide bonds. The Labute approximate surface area is 166 Å². The van der Waals surface area contributed by atoms with Crippen LogP contribution in [-0.2, 0) is 9.84 Å².